The van der Waals surface area contributed by atoms with E-state index in [-0.39, 0.29) is 0 Å². The van der Waals surface area contributed by atoms with Gasteiger partial charge in [-0.1, -0.05) is 38.1 Å². The zero-order valence-corrected chi connectivity index (χ0v) is 16.2. The topological polar surface area (TPSA) is 105 Å². The monoisotopic (exact) mass is 382 g/mol. The number of methoxy groups -OCH3 is 1. The minimum Gasteiger partial charge on any atom is -0.456 e. The van der Waals surface area contributed by atoms with E-state index in [4.69, 9.17) is 14.2 Å². The number of ether oxygens (including phenoxy) is 3. The first kappa shape index (κ1) is 21.8. The maximum Gasteiger partial charge on any atom is 0.313 e. The van der Waals surface area contributed by atoms with Crippen molar-refractivity contribution in [1.29, 1.82) is 0 Å². The fourth-order valence-corrected chi connectivity index (χ4v) is 3.17. The largest absolute Gasteiger partial charge is 0.456 e. The number of hydrogen-bond acceptors (Lipinski definition) is 7. The molecule has 7 heteroatoms. The van der Waals surface area contributed by atoms with Crippen LogP contribution in [0, 0.1) is 5.92 Å². The summed E-state index contributed by atoms with van der Waals surface area (Å²) >= 11 is 0. The molecule has 1 aliphatic heterocycles. The van der Waals surface area contributed by atoms with Crippen LogP contribution in [0.5, 0.6) is 0 Å². The summed E-state index contributed by atoms with van der Waals surface area (Å²) in [6, 6.07) is 7.74. The van der Waals surface area contributed by atoms with Gasteiger partial charge in [0.2, 0.25) is 0 Å². The number of hydrogen-bond donors (Lipinski definition) is 3. The molecule has 0 saturated carbocycles. The Morgan fingerprint density at radius 1 is 1.15 bits per heavy atom. The molecule has 1 fully saturated rings. The van der Waals surface area contributed by atoms with E-state index in [9.17, 15) is 20.1 Å². The Morgan fingerprint density at radius 3 is 2.30 bits per heavy atom. The van der Waals surface area contributed by atoms with E-state index in [0.29, 0.717) is 5.92 Å². The van der Waals surface area contributed by atoms with E-state index in [1.54, 1.807) is 6.92 Å². The van der Waals surface area contributed by atoms with Crippen LogP contribution < -0.4 is 0 Å². The van der Waals surface area contributed by atoms with Crippen molar-refractivity contribution in [3.8, 4) is 0 Å². The molecule has 152 valence electrons. The number of aliphatic hydroxyl groups is 3. The van der Waals surface area contributed by atoms with Crippen molar-refractivity contribution < 1.29 is 34.3 Å². The second-order valence-electron chi connectivity index (χ2n) is 7.41. The molecule has 1 unspecified atom stereocenters. The number of carbonyl (C=O) groups is 1. The summed E-state index contributed by atoms with van der Waals surface area (Å²) in [6.07, 6.45) is -5.13. The summed E-state index contributed by atoms with van der Waals surface area (Å²) in [5, 5.41) is 29.8. The van der Waals surface area contributed by atoms with Gasteiger partial charge in [0, 0.05) is 7.11 Å². The van der Waals surface area contributed by atoms with Crippen LogP contribution in [-0.2, 0) is 25.4 Å². The molecule has 3 N–H and O–H groups in total. The molecule has 0 radical (unpaired) electrons. The van der Waals surface area contributed by atoms with Crippen molar-refractivity contribution in [3.63, 3.8) is 0 Å². The minimum atomic E-state index is -1.36. The predicted octanol–water partition coefficient (Wildman–Crippen LogP) is 0.986. The molecule has 0 bridgehead atoms. The van der Waals surface area contributed by atoms with Gasteiger partial charge in [-0.3, -0.25) is 4.79 Å². The SMILES string of the molecule is CO[C@H]1O[C@H](CO)[C@@H](O)[C@H](OC(=O)C(C)c2ccc(CC(C)C)cc2)[C@H]1O. The van der Waals surface area contributed by atoms with Crippen LogP contribution in [0.1, 0.15) is 37.8 Å². The summed E-state index contributed by atoms with van der Waals surface area (Å²) in [5.74, 6) is -0.611. The van der Waals surface area contributed by atoms with Gasteiger partial charge in [-0.2, -0.15) is 0 Å². The standard InChI is InChI=1S/C20H30O7/c1-11(2)9-13-5-7-14(8-6-13)12(3)19(24)27-18-16(22)15(10-21)26-20(25-4)17(18)23/h5-8,11-12,15-18,20-23H,9-10H2,1-4H3/t12?,15-,16-,17-,18+,20+/m1/s1. The number of aliphatic hydroxyl groups excluding tert-OH is 3. The molecule has 27 heavy (non-hydrogen) atoms. The van der Waals surface area contributed by atoms with Crippen molar-refractivity contribution in [3.05, 3.63) is 35.4 Å². The molecular formula is C20H30O7. The molecule has 1 aliphatic rings. The van der Waals surface area contributed by atoms with E-state index >= 15 is 0 Å². The maximum absolute atomic E-state index is 12.6. The van der Waals surface area contributed by atoms with E-state index in [1.165, 1.54) is 12.7 Å². The van der Waals surface area contributed by atoms with E-state index in [1.807, 2.05) is 24.3 Å². The van der Waals surface area contributed by atoms with Crippen molar-refractivity contribution in [2.75, 3.05) is 13.7 Å². The van der Waals surface area contributed by atoms with Crippen molar-refractivity contribution in [2.45, 2.75) is 63.8 Å². The smallest absolute Gasteiger partial charge is 0.313 e. The Hall–Kier alpha value is -1.51. The van der Waals surface area contributed by atoms with Gasteiger partial charge in [0.15, 0.2) is 12.4 Å². The number of rotatable bonds is 7. The lowest BCUT2D eigenvalue weighted by molar-refractivity contribution is -0.297. The van der Waals surface area contributed by atoms with E-state index in [0.717, 1.165) is 12.0 Å². The molecule has 0 spiro atoms. The van der Waals surface area contributed by atoms with Crippen molar-refractivity contribution >= 4 is 5.97 Å². The summed E-state index contributed by atoms with van der Waals surface area (Å²) in [7, 11) is 1.32. The Bertz CT molecular complexity index is 585. The first-order chi connectivity index (χ1) is 12.8. The molecule has 7 nitrogen and oxygen atoms in total. The predicted molar refractivity (Wildman–Crippen MR) is 98.0 cm³/mol. The molecular weight excluding hydrogens is 352 g/mol. The maximum atomic E-state index is 12.6. The number of carbonyl (C=O) groups excluding carboxylic acids is 1. The third-order valence-corrected chi connectivity index (χ3v) is 4.78. The molecule has 2 rings (SSSR count). The molecule has 1 heterocycles. The zero-order valence-electron chi connectivity index (χ0n) is 16.2. The molecule has 6 atom stereocenters. The van der Waals surface area contributed by atoms with Gasteiger partial charge in [0.25, 0.3) is 0 Å². The van der Waals surface area contributed by atoms with Gasteiger partial charge in [-0.15, -0.1) is 0 Å². The molecule has 0 aromatic heterocycles. The Morgan fingerprint density at radius 2 is 1.78 bits per heavy atom. The lowest BCUT2D eigenvalue weighted by Gasteiger charge is -2.41. The highest BCUT2D eigenvalue weighted by molar-refractivity contribution is 5.78. The Kier molecular flexibility index (Phi) is 7.76. The zero-order chi connectivity index (χ0) is 20.1. The first-order valence-corrected chi connectivity index (χ1v) is 9.23. The van der Waals surface area contributed by atoms with Crippen LogP contribution in [0.4, 0.5) is 0 Å². The average Bonchev–Trinajstić information content (AvgIpc) is 2.64. The van der Waals surface area contributed by atoms with Crippen molar-refractivity contribution in [1.82, 2.24) is 0 Å². The summed E-state index contributed by atoms with van der Waals surface area (Å²) in [6.45, 7) is 5.50. The Balaban J connectivity index is 2.07. The van der Waals surface area contributed by atoms with Gasteiger partial charge < -0.3 is 29.5 Å². The fourth-order valence-electron chi connectivity index (χ4n) is 3.17. The highest BCUT2D eigenvalue weighted by atomic mass is 16.7. The van der Waals surface area contributed by atoms with E-state index < -0.39 is 49.2 Å². The van der Waals surface area contributed by atoms with Gasteiger partial charge in [-0.05, 0) is 30.4 Å². The molecule has 1 aromatic rings. The third-order valence-electron chi connectivity index (χ3n) is 4.78. The van der Waals surface area contributed by atoms with Crippen LogP contribution in [0.3, 0.4) is 0 Å². The second-order valence-corrected chi connectivity index (χ2v) is 7.41. The summed E-state index contributed by atoms with van der Waals surface area (Å²) in [4.78, 5) is 12.6. The van der Waals surface area contributed by atoms with Crippen LogP contribution in [0.15, 0.2) is 24.3 Å². The summed E-state index contributed by atoms with van der Waals surface area (Å²) in [5.41, 5.74) is 1.98. The highest BCUT2D eigenvalue weighted by Gasteiger charge is 2.47. The van der Waals surface area contributed by atoms with Crippen LogP contribution in [0.25, 0.3) is 0 Å². The van der Waals surface area contributed by atoms with Crippen LogP contribution in [-0.4, -0.2) is 65.7 Å². The first-order valence-electron chi connectivity index (χ1n) is 9.23. The number of esters is 1. The molecule has 1 aromatic carbocycles. The van der Waals surface area contributed by atoms with Gasteiger partial charge in [0.1, 0.15) is 18.3 Å². The third kappa shape index (κ3) is 5.27. The molecule has 0 aliphatic carbocycles. The highest BCUT2D eigenvalue weighted by Crippen LogP contribution is 2.26. The normalized spacial score (nSPS) is 29.6. The quantitative estimate of drug-likeness (QED) is 0.604. The van der Waals surface area contributed by atoms with Crippen LogP contribution in [0.2, 0.25) is 0 Å². The molecule has 0 amide bonds. The van der Waals surface area contributed by atoms with Crippen LogP contribution >= 0.6 is 0 Å². The minimum absolute atomic E-state index is 0.491. The Labute approximate surface area is 159 Å². The lowest BCUT2D eigenvalue weighted by atomic mass is 9.96. The van der Waals surface area contributed by atoms with Gasteiger partial charge in [0.05, 0.1) is 12.5 Å². The second kappa shape index (κ2) is 9.61. The fraction of sp³-hybridized carbons (Fsp3) is 0.650. The molecule has 1 saturated heterocycles. The summed E-state index contributed by atoms with van der Waals surface area (Å²) < 4.78 is 15.6. The number of benzene rings is 1. The van der Waals surface area contributed by atoms with E-state index in [2.05, 4.69) is 13.8 Å². The van der Waals surface area contributed by atoms with Gasteiger partial charge >= 0.3 is 5.97 Å². The van der Waals surface area contributed by atoms with Gasteiger partial charge in [-0.25, -0.2) is 0 Å². The van der Waals surface area contributed by atoms with Crippen molar-refractivity contribution in [2.24, 2.45) is 5.92 Å². The lowest BCUT2D eigenvalue weighted by Crippen LogP contribution is -2.60. The average molecular weight is 382 g/mol.